The number of carbonyl (C=O) groups excluding carboxylic acids is 1. The first kappa shape index (κ1) is 12.2. The summed E-state index contributed by atoms with van der Waals surface area (Å²) in [6.07, 6.45) is 2.75. The van der Waals surface area contributed by atoms with Gasteiger partial charge in [0.05, 0.1) is 0 Å². The van der Waals surface area contributed by atoms with Crippen LogP contribution in [0.4, 0.5) is 4.53 Å². The van der Waals surface area contributed by atoms with Gasteiger partial charge in [0, 0.05) is 0 Å². The van der Waals surface area contributed by atoms with Crippen LogP contribution in [-0.4, -0.2) is 19.7 Å². The number of halogens is 1. The molecular formula is C6H5FO4SiZn. The molecule has 0 fully saturated rings. The summed E-state index contributed by atoms with van der Waals surface area (Å²) in [6.45, 7) is 3.36. The standard InChI is InChI=1S/C6H5FO4Si.Zn/c1-3-4-5(2)6(8)10-12(9)11-7;/h2-4H,1H2;/b5-4+;. The van der Waals surface area contributed by atoms with Crippen LogP contribution >= 0.6 is 0 Å². The number of allylic oxidation sites excluding steroid dienone is 2. The first-order valence-electron chi connectivity index (χ1n) is 3.15. The van der Waals surface area contributed by atoms with Gasteiger partial charge in [-0.3, -0.25) is 0 Å². The van der Waals surface area contributed by atoms with E-state index in [1.807, 2.05) is 0 Å². The quantitative estimate of drug-likeness (QED) is 0.402. The Hall–Kier alpha value is -0.810. The van der Waals surface area contributed by atoms with Crippen molar-refractivity contribution < 1.29 is 40.7 Å². The van der Waals surface area contributed by atoms with Gasteiger partial charge in [0.25, 0.3) is 0 Å². The molecule has 7 heteroatoms. The Labute approximate surface area is 85.0 Å². The zero-order chi connectivity index (χ0) is 10.3. The summed E-state index contributed by atoms with van der Waals surface area (Å²) in [4.78, 5) is 11.0. The molecule has 0 aliphatic heterocycles. The third kappa shape index (κ3) is 4.69. The average molecular weight is 254 g/mol. The van der Waals surface area contributed by atoms with Gasteiger partial charge in [-0.15, -0.1) is 0 Å². The van der Waals surface area contributed by atoms with E-state index >= 15 is 0 Å². The van der Waals surface area contributed by atoms with Crippen molar-refractivity contribution in [2.75, 3.05) is 0 Å². The van der Waals surface area contributed by atoms with Crippen molar-refractivity contribution in [2.45, 2.75) is 0 Å². The molecule has 0 N–H and O–H groups in total. The third-order valence-electron chi connectivity index (χ3n) is 0.992. The van der Waals surface area contributed by atoms with Crippen LogP contribution in [0.25, 0.3) is 0 Å². The van der Waals surface area contributed by atoms with Gasteiger partial charge in [0.1, 0.15) is 0 Å². The van der Waals surface area contributed by atoms with Crippen molar-refractivity contribution in [2.24, 2.45) is 0 Å². The molecule has 0 unspecified atom stereocenters. The van der Waals surface area contributed by atoms with Gasteiger partial charge in [0.2, 0.25) is 0 Å². The maximum atomic E-state index is 11.2. The van der Waals surface area contributed by atoms with Crippen LogP contribution in [0, 0.1) is 0 Å². The van der Waals surface area contributed by atoms with E-state index in [-0.39, 0.29) is 5.57 Å². The summed E-state index contributed by atoms with van der Waals surface area (Å²) < 4.78 is 30.0. The van der Waals surface area contributed by atoms with E-state index in [0.717, 1.165) is 0 Å². The van der Waals surface area contributed by atoms with E-state index in [2.05, 4.69) is 15.6 Å². The molecule has 0 aromatic carbocycles. The molecule has 13 heavy (non-hydrogen) atoms. The van der Waals surface area contributed by atoms with Gasteiger partial charge in [-0.1, -0.05) is 0 Å². The van der Waals surface area contributed by atoms with E-state index in [0.29, 0.717) is 17.9 Å². The molecule has 0 rings (SSSR count). The van der Waals surface area contributed by atoms with Crippen LogP contribution in [-0.2, 0) is 36.2 Å². The van der Waals surface area contributed by atoms with Crippen LogP contribution < -0.4 is 0 Å². The molecule has 0 radical (unpaired) electrons. The molecule has 0 atom stereocenters. The molecule has 0 saturated heterocycles. The number of rotatable bonds is 5. The zero-order valence-corrected chi connectivity index (χ0v) is 10.6. The molecule has 0 heterocycles. The van der Waals surface area contributed by atoms with Crippen LogP contribution in [0.2, 0.25) is 0 Å². The second kappa shape index (κ2) is 6.68. The van der Waals surface area contributed by atoms with Crippen molar-refractivity contribution in [3.05, 3.63) is 24.3 Å². The number of hydrogen-bond donors (Lipinski definition) is 0. The van der Waals surface area contributed by atoms with E-state index in [9.17, 15) is 13.8 Å². The second-order valence-corrected chi connectivity index (χ2v) is 3.49. The summed E-state index contributed by atoms with van der Waals surface area (Å²) in [7, 11) is -3.35. The normalized spacial score (nSPS) is 10.2. The van der Waals surface area contributed by atoms with Gasteiger partial charge in [0.15, 0.2) is 0 Å². The van der Waals surface area contributed by atoms with Gasteiger partial charge < -0.3 is 0 Å². The Kier molecular flexibility index (Phi) is 6.26. The van der Waals surface area contributed by atoms with Crippen molar-refractivity contribution >= 4 is 19.7 Å². The molecule has 0 aromatic rings. The monoisotopic (exact) mass is 252 g/mol. The van der Waals surface area contributed by atoms with E-state index < -0.39 is 15.1 Å². The molecule has 4 nitrogen and oxygen atoms in total. The fraction of sp³-hybridized carbons (Fsp3) is 0. The van der Waals surface area contributed by atoms with Crippen molar-refractivity contribution in [1.29, 1.82) is 0 Å². The Bertz CT molecular complexity index is 276. The Morgan fingerprint density at radius 3 is 2.62 bits per heavy atom. The summed E-state index contributed by atoms with van der Waals surface area (Å²) in [6, 6.07) is 0. The van der Waals surface area contributed by atoms with Gasteiger partial charge >= 0.3 is 84.7 Å². The average Bonchev–Trinajstić information content (AvgIpc) is 2.13. The third-order valence-corrected chi connectivity index (χ3v) is 2.39. The Balaban J connectivity index is 4.39. The van der Waals surface area contributed by atoms with Gasteiger partial charge in [-0.25, -0.2) is 0 Å². The van der Waals surface area contributed by atoms with Gasteiger partial charge in [-0.2, -0.15) is 0 Å². The molecular weight excluding hydrogens is 249 g/mol. The van der Waals surface area contributed by atoms with E-state index in [4.69, 9.17) is 0 Å². The Morgan fingerprint density at radius 1 is 1.62 bits per heavy atom. The zero-order valence-electron chi connectivity index (χ0n) is 6.66. The van der Waals surface area contributed by atoms with Crippen LogP contribution in [0.5, 0.6) is 0 Å². The van der Waals surface area contributed by atoms with Crippen LogP contribution in [0.1, 0.15) is 0 Å². The SMILES string of the molecule is C=C/C=C(\[CH]=[Zn])C(=O)O[Si](=O)OF. The summed E-state index contributed by atoms with van der Waals surface area (Å²) >= 11 is 0.714. The minimum atomic E-state index is -3.35. The fourth-order valence-corrected chi connectivity index (χ4v) is 1.43. The Morgan fingerprint density at radius 2 is 2.23 bits per heavy atom. The molecule has 0 aliphatic rings. The molecule has 0 amide bonds. The van der Waals surface area contributed by atoms with Crippen LogP contribution in [0.15, 0.2) is 24.3 Å². The van der Waals surface area contributed by atoms with Gasteiger partial charge in [-0.05, 0) is 0 Å². The number of carbonyl (C=O) groups is 1. The summed E-state index contributed by atoms with van der Waals surface area (Å²) in [5.74, 6) is -0.882. The maximum absolute atomic E-state index is 11.2. The molecule has 0 spiro atoms. The molecule has 0 aromatic heterocycles. The summed E-state index contributed by atoms with van der Waals surface area (Å²) in [5.41, 5.74) is 0.186. The first-order chi connectivity index (χ1) is 6.15. The van der Waals surface area contributed by atoms with Crippen molar-refractivity contribution in [3.63, 3.8) is 0 Å². The molecule has 0 saturated carbocycles. The van der Waals surface area contributed by atoms with Crippen molar-refractivity contribution in [1.82, 2.24) is 0 Å². The summed E-state index contributed by atoms with van der Waals surface area (Å²) in [5, 5.41) is 0. The van der Waals surface area contributed by atoms with Crippen molar-refractivity contribution in [3.8, 4) is 0 Å². The molecule has 66 valence electrons. The predicted octanol–water partition coefficient (Wildman–Crippen LogP) is 0.307. The topological polar surface area (TPSA) is 52.6 Å². The van der Waals surface area contributed by atoms with E-state index in [1.54, 1.807) is 0 Å². The fourth-order valence-electron chi connectivity index (χ4n) is 0.497. The molecule has 0 aliphatic carbocycles. The second-order valence-electron chi connectivity index (χ2n) is 1.78. The minimum absolute atomic E-state index is 0.186. The first-order valence-corrected chi connectivity index (χ1v) is 6.09. The predicted molar refractivity (Wildman–Crippen MR) is 39.1 cm³/mol. The number of hydrogen-bond acceptors (Lipinski definition) is 4. The molecule has 0 bridgehead atoms. The van der Waals surface area contributed by atoms with Crippen LogP contribution in [0.3, 0.4) is 0 Å². The van der Waals surface area contributed by atoms with E-state index in [1.165, 1.54) is 16.8 Å².